The molecule has 0 spiro atoms. The second-order valence-electron chi connectivity index (χ2n) is 20.6. The zero-order valence-corrected chi connectivity index (χ0v) is 44.8. The van der Waals surface area contributed by atoms with Crippen molar-refractivity contribution in [2.24, 2.45) is 5.73 Å². The van der Waals surface area contributed by atoms with Crippen LogP contribution >= 0.6 is 22.6 Å². The Kier molecular flexibility index (Phi) is 10.3. The van der Waals surface area contributed by atoms with E-state index in [9.17, 15) is 0 Å². The predicted octanol–water partition coefficient (Wildman–Crippen LogP) is 18.8. The molecule has 6 nitrogen and oxygen atoms in total. The molecule has 1 unspecified atom stereocenters. The molecule has 0 aliphatic carbocycles. The topological polar surface area (TPSA) is 58.6 Å². The van der Waals surface area contributed by atoms with Crippen molar-refractivity contribution >= 4 is 143 Å². The number of para-hydroxylation sites is 6. The molecule has 16 rings (SSSR count). The van der Waals surface area contributed by atoms with Crippen LogP contribution in [0.25, 0.3) is 137 Å². The van der Waals surface area contributed by atoms with Crippen molar-refractivity contribution in [3.8, 4) is 17.3 Å². The Morgan fingerprint density at radius 2 is 0.835 bits per heavy atom. The summed E-state index contributed by atoms with van der Waals surface area (Å²) < 4.78 is 9.61. The molecule has 16 aromatic rings. The van der Waals surface area contributed by atoms with Gasteiger partial charge in [0.1, 0.15) is 11.6 Å². The minimum absolute atomic E-state index is 0.00928. The van der Waals surface area contributed by atoms with Crippen molar-refractivity contribution in [1.82, 2.24) is 23.3 Å². The zero-order valence-electron chi connectivity index (χ0n) is 42.7. The fraction of sp³-hybridized carbons (Fsp3) is 0.0139. The number of fused-ring (bicyclic) bond motifs is 15. The first-order valence-electron chi connectivity index (χ1n) is 26.8. The highest BCUT2D eigenvalue weighted by molar-refractivity contribution is 14.1. The van der Waals surface area contributed by atoms with Gasteiger partial charge in [-0.2, -0.15) is 0 Å². The van der Waals surface area contributed by atoms with Gasteiger partial charge in [-0.1, -0.05) is 211 Å². The first kappa shape index (κ1) is 45.5. The summed E-state index contributed by atoms with van der Waals surface area (Å²) in [6.07, 6.45) is 4.58. The fourth-order valence-electron chi connectivity index (χ4n) is 12.7. The maximum Gasteiger partial charge on any atom is 0.142 e. The Morgan fingerprint density at radius 1 is 0.392 bits per heavy atom. The molecule has 0 saturated heterocycles. The molecule has 5 heterocycles. The second-order valence-corrected chi connectivity index (χ2v) is 21.9. The van der Waals surface area contributed by atoms with Crippen LogP contribution in [0.15, 0.2) is 267 Å². The number of pyridine rings is 1. The number of hydrogen-bond acceptors (Lipinski definition) is 2. The zero-order chi connectivity index (χ0) is 52.3. The van der Waals surface area contributed by atoms with Gasteiger partial charge in [0.15, 0.2) is 0 Å². The second kappa shape index (κ2) is 17.9. The van der Waals surface area contributed by atoms with E-state index in [1.165, 1.54) is 48.7 Å². The Balaban J connectivity index is 1.00. The van der Waals surface area contributed by atoms with Crippen molar-refractivity contribution in [2.45, 2.75) is 3.92 Å². The maximum atomic E-state index is 7.39. The SMILES string of the molecule is N/C(=C\C(=C/C(I)c1ccc2ccccc2c1)n1c2ccccc2c2ccc3c(c4ccccc4n3-c3cc(-n4c5ccccc5c5ccccc54)nc(-n4c5ccccc5c5ccccc54)c3)c21)c1ccc2ccccc2c1. The van der Waals surface area contributed by atoms with E-state index in [1.807, 2.05) is 0 Å². The third kappa shape index (κ3) is 7.12. The minimum Gasteiger partial charge on any atom is -0.398 e. The van der Waals surface area contributed by atoms with E-state index >= 15 is 0 Å². The smallest absolute Gasteiger partial charge is 0.142 e. The molecule has 5 aromatic heterocycles. The highest BCUT2D eigenvalue weighted by atomic mass is 127. The van der Waals surface area contributed by atoms with E-state index in [1.54, 1.807) is 0 Å². The molecule has 0 fully saturated rings. The van der Waals surface area contributed by atoms with E-state index in [2.05, 4.69) is 308 Å². The van der Waals surface area contributed by atoms with Gasteiger partial charge in [-0.3, -0.25) is 9.13 Å². The third-order valence-corrected chi connectivity index (χ3v) is 17.3. The largest absolute Gasteiger partial charge is 0.398 e. The van der Waals surface area contributed by atoms with Crippen molar-refractivity contribution < 1.29 is 0 Å². The number of alkyl halides is 1. The lowest BCUT2D eigenvalue weighted by Crippen LogP contribution is -2.06. The van der Waals surface area contributed by atoms with Crippen LogP contribution < -0.4 is 5.73 Å². The lowest BCUT2D eigenvalue weighted by atomic mass is 10.0. The molecule has 7 heteroatoms. The van der Waals surface area contributed by atoms with Crippen LogP contribution in [-0.2, 0) is 0 Å². The molecule has 372 valence electrons. The van der Waals surface area contributed by atoms with Crippen LogP contribution in [0.3, 0.4) is 0 Å². The van der Waals surface area contributed by atoms with Crippen LogP contribution in [0.5, 0.6) is 0 Å². The molecule has 2 N–H and O–H groups in total. The third-order valence-electron chi connectivity index (χ3n) is 16.2. The molecule has 0 amide bonds. The molecule has 0 radical (unpaired) electrons. The summed E-state index contributed by atoms with van der Waals surface area (Å²) in [5, 5.41) is 14.1. The van der Waals surface area contributed by atoms with Gasteiger partial charge < -0.3 is 14.9 Å². The molecule has 0 saturated carbocycles. The number of rotatable bonds is 8. The number of aromatic nitrogens is 5. The lowest BCUT2D eigenvalue weighted by Gasteiger charge is -2.16. The Hall–Kier alpha value is -9.70. The van der Waals surface area contributed by atoms with Gasteiger partial charge in [0.25, 0.3) is 0 Å². The quantitative estimate of drug-likeness (QED) is 0.0936. The van der Waals surface area contributed by atoms with Crippen molar-refractivity contribution in [2.75, 3.05) is 0 Å². The molecular formula is C72H47IN6. The van der Waals surface area contributed by atoms with Crippen LogP contribution in [-0.4, -0.2) is 23.3 Å². The summed E-state index contributed by atoms with van der Waals surface area (Å²) in [4.78, 5) is 5.73. The predicted molar refractivity (Wildman–Crippen MR) is 341 cm³/mol. The van der Waals surface area contributed by atoms with Crippen LogP contribution in [0, 0.1) is 0 Å². The number of halogens is 1. The molecule has 11 aromatic carbocycles. The Morgan fingerprint density at radius 3 is 1.39 bits per heavy atom. The summed E-state index contributed by atoms with van der Waals surface area (Å²) in [6, 6.07) is 92.1. The van der Waals surface area contributed by atoms with Crippen molar-refractivity contribution in [3.63, 3.8) is 0 Å². The Labute approximate surface area is 467 Å². The molecule has 0 bridgehead atoms. The minimum atomic E-state index is -0.00928. The van der Waals surface area contributed by atoms with Crippen molar-refractivity contribution in [3.05, 3.63) is 278 Å². The molecule has 0 aliphatic heterocycles. The van der Waals surface area contributed by atoms with E-state index in [4.69, 9.17) is 10.7 Å². The average Bonchev–Trinajstić information content (AvgIpc) is 4.30. The van der Waals surface area contributed by atoms with Crippen LogP contribution in [0.2, 0.25) is 0 Å². The standard InChI is InChI=1S/C72H47IN6/c73-60(49-35-33-45-17-1-3-19-47(45)39-49)41-51(42-61(74)50-36-34-46-18-2-4-20-48(46)40-50)77-62-27-11-9-25-57(62)58-37-38-68-71(72(58)77)59-26-10-16-32-67(59)76(68)52-43-69(78-63-28-12-5-21-53(63)54-22-6-13-29-64(54)78)75-70(44-52)79-65-30-14-7-23-55(65)56-24-8-15-31-66(56)79/h1-44,60H,74H2/b51-41+,61-42-. The summed E-state index contributed by atoms with van der Waals surface area (Å²) in [5.41, 5.74) is 21.0. The molecular weight excluding hydrogens is 1080 g/mol. The molecule has 79 heavy (non-hydrogen) atoms. The average molecular weight is 1120 g/mol. The monoisotopic (exact) mass is 1120 g/mol. The highest BCUT2D eigenvalue weighted by Crippen LogP contribution is 2.45. The van der Waals surface area contributed by atoms with Gasteiger partial charge in [-0.25, -0.2) is 4.98 Å². The van der Waals surface area contributed by atoms with Gasteiger partial charge in [-0.15, -0.1) is 0 Å². The van der Waals surface area contributed by atoms with E-state index in [0.717, 1.165) is 94.3 Å². The number of allylic oxidation sites excluding steroid dienone is 3. The summed E-state index contributed by atoms with van der Waals surface area (Å²) in [5.74, 6) is 1.66. The van der Waals surface area contributed by atoms with Gasteiger partial charge in [0.05, 0.1) is 53.7 Å². The normalized spacial score (nSPS) is 13.0. The van der Waals surface area contributed by atoms with Gasteiger partial charge in [-0.05, 0) is 99.4 Å². The van der Waals surface area contributed by atoms with Crippen LogP contribution in [0.4, 0.5) is 0 Å². The number of nitrogens with zero attached hydrogens (tertiary/aromatic N) is 5. The van der Waals surface area contributed by atoms with E-state index < -0.39 is 0 Å². The van der Waals surface area contributed by atoms with Crippen LogP contribution in [0.1, 0.15) is 15.1 Å². The Bertz CT molecular complexity index is 5020. The van der Waals surface area contributed by atoms with Crippen molar-refractivity contribution in [1.29, 1.82) is 0 Å². The first-order valence-corrected chi connectivity index (χ1v) is 28.0. The number of nitrogens with two attached hydrogens (primary N) is 1. The molecule has 0 aliphatic rings. The fourth-order valence-corrected chi connectivity index (χ4v) is 13.4. The summed E-state index contributed by atoms with van der Waals surface area (Å²) in [6.45, 7) is 0. The van der Waals surface area contributed by atoms with E-state index in [-0.39, 0.29) is 3.92 Å². The van der Waals surface area contributed by atoms with Gasteiger partial charge >= 0.3 is 0 Å². The van der Waals surface area contributed by atoms with E-state index in [0.29, 0.717) is 5.70 Å². The van der Waals surface area contributed by atoms with Gasteiger partial charge in [0.2, 0.25) is 0 Å². The lowest BCUT2D eigenvalue weighted by molar-refractivity contribution is 0.997. The van der Waals surface area contributed by atoms with Gasteiger partial charge in [0, 0.05) is 66.6 Å². The number of hydrogen-bond donors (Lipinski definition) is 1. The first-order chi connectivity index (χ1) is 39.0. The summed E-state index contributed by atoms with van der Waals surface area (Å²) >= 11 is 2.61. The maximum absolute atomic E-state index is 7.39. The number of benzene rings is 11. The molecule has 1 atom stereocenters. The highest BCUT2D eigenvalue weighted by Gasteiger charge is 2.25. The summed E-state index contributed by atoms with van der Waals surface area (Å²) in [7, 11) is 0.